The van der Waals surface area contributed by atoms with E-state index in [9.17, 15) is 8.42 Å². The summed E-state index contributed by atoms with van der Waals surface area (Å²) < 4.78 is 27.0. The van der Waals surface area contributed by atoms with Crippen LogP contribution >= 0.6 is 11.6 Å². The summed E-state index contributed by atoms with van der Waals surface area (Å²) in [7, 11) is -3.61. The molecule has 0 atom stereocenters. The lowest BCUT2D eigenvalue weighted by Crippen LogP contribution is -2.26. The second-order valence-corrected chi connectivity index (χ2v) is 6.93. The van der Waals surface area contributed by atoms with Gasteiger partial charge in [-0.05, 0) is 36.2 Å². The van der Waals surface area contributed by atoms with Crippen LogP contribution in [0.4, 0.5) is 0 Å². The summed E-state index contributed by atoms with van der Waals surface area (Å²) in [6.07, 6.45) is 4.12. The van der Waals surface area contributed by atoms with Gasteiger partial charge in [-0.15, -0.1) is 0 Å². The Hall–Kier alpha value is -1.89. The lowest BCUT2D eigenvalue weighted by Gasteiger charge is -2.07. The van der Waals surface area contributed by atoms with Crippen molar-refractivity contribution >= 4 is 32.7 Å². The zero-order valence-electron chi connectivity index (χ0n) is 11.6. The lowest BCUT2D eigenvalue weighted by atomic mass is 10.2. The van der Waals surface area contributed by atoms with Gasteiger partial charge < -0.3 is 4.98 Å². The van der Waals surface area contributed by atoms with Gasteiger partial charge in [-0.25, -0.2) is 18.1 Å². The molecule has 7 heteroatoms. The predicted octanol–water partition coefficient (Wildman–Crippen LogP) is 2.74. The summed E-state index contributed by atoms with van der Waals surface area (Å²) >= 11 is 5.93. The number of benzene rings is 1. The van der Waals surface area contributed by atoms with Gasteiger partial charge in [-0.3, -0.25) is 0 Å². The van der Waals surface area contributed by atoms with Crippen molar-refractivity contribution in [1.82, 2.24) is 14.7 Å². The quantitative estimate of drug-likeness (QED) is 0.752. The van der Waals surface area contributed by atoms with Crippen molar-refractivity contribution in [3.8, 4) is 0 Å². The lowest BCUT2D eigenvalue weighted by molar-refractivity contribution is 0.582. The molecule has 114 valence electrons. The summed E-state index contributed by atoms with van der Waals surface area (Å²) in [5.74, 6) is 0. The number of aromatic nitrogens is 2. The monoisotopic (exact) mass is 335 g/mol. The number of nitrogens with one attached hydrogen (secondary N) is 2. The Morgan fingerprint density at radius 2 is 2.00 bits per heavy atom. The molecule has 22 heavy (non-hydrogen) atoms. The van der Waals surface area contributed by atoms with Crippen LogP contribution in [0.3, 0.4) is 0 Å². The predicted molar refractivity (Wildman–Crippen MR) is 86.4 cm³/mol. The van der Waals surface area contributed by atoms with Crippen LogP contribution in [0.1, 0.15) is 5.56 Å². The minimum atomic E-state index is -3.61. The zero-order valence-corrected chi connectivity index (χ0v) is 13.2. The van der Waals surface area contributed by atoms with Crippen LogP contribution in [-0.2, 0) is 16.4 Å². The van der Waals surface area contributed by atoms with Gasteiger partial charge >= 0.3 is 0 Å². The average molecular weight is 336 g/mol. The Morgan fingerprint density at radius 1 is 1.18 bits per heavy atom. The van der Waals surface area contributed by atoms with Crippen molar-refractivity contribution in [2.75, 3.05) is 6.54 Å². The molecule has 5 nitrogen and oxygen atoms in total. The maximum atomic E-state index is 12.2. The SMILES string of the molecule is O=S(=O)(NCCc1c[nH]c2ncccc12)c1ccccc1Cl. The molecule has 1 aromatic carbocycles. The number of sulfonamides is 1. The number of fused-ring (bicyclic) bond motifs is 1. The van der Waals surface area contributed by atoms with Crippen molar-refractivity contribution < 1.29 is 8.42 Å². The molecule has 0 fully saturated rings. The topological polar surface area (TPSA) is 74.8 Å². The second kappa shape index (κ2) is 6.08. The van der Waals surface area contributed by atoms with E-state index in [0.717, 1.165) is 16.6 Å². The number of halogens is 1. The molecule has 0 aliphatic heterocycles. The van der Waals surface area contributed by atoms with Gasteiger partial charge in [0.25, 0.3) is 0 Å². The van der Waals surface area contributed by atoms with E-state index < -0.39 is 10.0 Å². The molecule has 0 unspecified atom stereocenters. The molecule has 2 aromatic heterocycles. The molecular formula is C15H14ClN3O2S. The minimum absolute atomic E-state index is 0.0947. The van der Waals surface area contributed by atoms with Crippen LogP contribution in [0.2, 0.25) is 5.02 Å². The third-order valence-electron chi connectivity index (χ3n) is 3.35. The number of nitrogens with zero attached hydrogens (tertiary/aromatic N) is 1. The maximum absolute atomic E-state index is 12.2. The number of hydrogen-bond donors (Lipinski definition) is 2. The fourth-order valence-electron chi connectivity index (χ4n) is 2.28. The van der Waals surface area contributed by atoms with Gasteiger partial charge in [0.2, 0.25) is 10.0 Å². The highest BCUT2D eigenvalue weighted by Gasteiger charge is 2.16. The van der Waals surface area contributed by atoms with Gasteiger partial charge in [0.05, 0.1) is 5.02 Å². The summed E-state index contributed by atoms with van der Waals surface area (Å²) in [5.41, 5.74) is 1.82. The molecule has 0 bridgehead atoms. The molecule has 2 heterocycles. The summed E-state index contributed by atoms with van der Waals surface area (Å²) in [6, 6.07) is 10.2. The van der Waals surface area contributed by atoms with Gasteiger partial charge in [0.1, 0.15) is 10.5 Å². The number of aromatic amines is 1. The first-order valence-corrected chi connectivity index (χ1v) is 8.59. The molecule has 0 aliphatic rings. The van der Waals surface area contributed by atoms with Crippen LogP contribution in [0.25, 0.3) is 11.0 Å². The Morgan fingerprint density at radius 3 is 2.82 bits per heavy atom. The number of pyridine rings is 1. The first kappa shape index (κ1) is 15.0. The van der Waals surface area contributed by atoms with Crippen molar-refractivity contribution in [3.63, 3.8) is 0 Å². The fourth-order valence-corrected chi connectivity index (χ4v) is 3.83. The third-order valence-corrected chi connectivity index (χ3v) is 5.31. The van der Waals surface area contributed by atoms with E-state index in [1.165, 1.54) is 6.07 Å². The molecule has 0 aliphatic carbocycles. The van der Waals surface area contributed by atoms with Crippen LogP contribution in [0.15, 0.2) is 53.7 Å². The van der Waals surface area contributed by atoms with Crippen molar-refractivity contribution in [3.05, 3.63) is 59.4 Å². The molecule has 3 aromatic rings. The van der Waals surface area contributed by atoms with E-state index in [1.807, 2.05) is 18.3 Å². The highest BCUT2D eigenvalue weighted by molar-refractivity contribution is 7.89. The molecular weight excluding hydrogens is 322 g/mol. The first-order chi connectivity index (χ1) is 10.6. The minimum Gasteiger partial charge on any atom is -0.346 e. The van der Waals surface area contributed by atoms with Crippen LogP contribution in [0, 0.1) is 0 Å². The van der Waals surface area contributed by atoms with Crippen LogP contribution in [-0.4, -0.2) is 24.9 Å². The molecule has 3 rings (SSSR count). The number of rotatable bonds is 5. The Bertz CT molecular complexity index is 906. The van der Waals surface area contributed by atoms with Gasteiger partial charge in [0.15, 0.2) is 0 Å². The Balaban J connectivity index is 1.72. The maximum Gasteiger partial charge on any atom is 0.242 e. The normalized spacial score (nSPS) is 11.9. The summed E-state index contributed by atoms with van der Waals surface area (Å²) in [6.45, 7) is 0.287. The van der Waals surface area contributed by atoms with Crippen molar-refractivity contribution in [2.45, 2.75) is 11.3 Å². The van der Waals surface area contributed by atoms with Crippen molar-refractivity contribution in [1.29, 1.82) is 0 Å². The fraction of sp³-hybridized carbons (Fsp3) is 0.133. The first-order valence-electron chi connectivity index (χ1n) is 6.73. The summed E-state index contributed by atoms with van der Waals surface area (Å²) in [5, 5.41) is 1.21. The average Bonchev–Trinajstić information content (AvgIpc) is 2.91. The zero-order chi connectivity index (χ0) is 15.6. The number of H-pyrrole nitrogens is 1. The van der Waals surface area contributed by atoms with Crippen molar-refractivity contribution in [2.24, 2.45) is 0 Å². The summed E-state index contributed by atoms with van der Waals surface area (Å²) in [4.78, 5) is 7.37. The third kappa shape index (κ3) is 2.99. The highest BCUT2D eigenvalue weighted by Crippen LogP contribution is 2.20. The standard InChI is InChI=1S/C15H14ClN3O2S/c16-13-5-1-2-6-14(13)22(20,21)19-9-7-11-10-18-15-12(11)4-3-8-17-15/h1-6,8,10,19H,7,9H2,(H,17,18). The van der Waals surface area contributed by atoms with E-state index in [4.69, 9.17) is 11.6 Å². The van der Waals surface area contributed by atoms with Gasteiger partial charge in [-0.1, -0.05) is 23.7 Å². The van der Waals surface area contributed by atoms with E-state index >= 15 is 0 Å². The largest absolute Gasteiger partial charge is 0.346 e. The Labute approximate surface area is 133 Å². The molecule has 0 radical (unpaired) electrons. The molecule has 0 amide bonds. The molecule has 0 saturated heterocycles. The Kier molecular flexibility index (Phi) is 4.15. The number of hydrogen-bond acceptors (Lipinski definition) is 3. The highest BCUT2D eigenvalue weighted by atomic mass is 35.5. The molecule has 2 N–H and O–H groups in total. The van der Waals surface area contributed by atoms with E-state index in [0.29, 0.717) is 6.42 Å². The van der Waals surface area contributed by atoms with Gasteiger partial charge in [-0.2, -0.15) is 0 Å². The molecule has 0 saturated carbocycles. The van der Waals surface area contributed by atoms with Crippen LogP contribution < -0.4 is 4.72 Å². The van der Waals surface area contributed by atoms with E-state index in [-0.39, 0.29) is 16.5 Å². The van der Waals surface area contributed by atoms with Gasteiger partial charge in [0, 0.05) is 24.3 Å². The second-order valence-electron chi connectivity index (χ2n) is 4.79. The van der Waals surface area contributed by atoms with Crippen LogP contribution in [0.5, 0.6) is 0 Å². The molecule has 0 spiro atoms. The van der Waals surface area contributed by atoms with E-state index in [1.54, 1.807) is 24.4 Å². The smallest absolute Gasteiger partial charge is 0.242 e. The van der Waals surface area contributed by atoms with E-state index in [2.05, 4.69) is 14.7 Å².